The van der Waals surface area contributed by atoms with Crippen molar-refractivity contribution in [3.05, 3.63) is 41.4 Å². The number of aromatic nitrogens is 3. The predicted octanol–water partition coefficient (Wildman–Crippen LogP) is 1.73. The number of aromatic hydroxyl groups is 1. The van der Waals surface area contributed by atoms with Crippen LogP contribution < -0.4 is 11.5 Å². The summed E-state index contributed by atoms with van der Waals surface area (Å²) in [7, 11) is 0. The van der Waals surface area contributed by atoms with Crippen LogP contribution in [0.1, 0.15) is 10.4 Å². The van der Waals surface area contributed by atoms with Gasteiger partial charge < -0.3 is 16.6 Å². The van der Waals surface area contributed by atoms with Crippen molar-refractivity contribution in [3.63, 3.8) is 0 Å². The van der Waals surface area contributed by atoms with Crippen LogP contribution in [0.2, 0.25) is 5.15 Å². The van der Waals surface area contributed by atoms with Gasteiger partial charge in [-0.3, -0.25) is 14.8 Å². The monoisotopic (exact) mass is 315 g/mol. The summed E-state index contributed by atoms with van der Waals surface area (Å²) < 4.78 is 0. The zero-order chi connectivity index (χ0) is 15.9. The van der Waals surface area contributed by atoms with Crippen LogP contribution in [0.25, 0.3) is 22.2 Å². The highest BCUT2D eigenvalue weighted by Gasteiger charge is 2.20. The Bertz CT molecular complexity index is 913. The van der Waals surface area contributed by atoms with Crippen molar-refractivity contribution >= 4 is 34.2 Å². The first-order valence-electron chi connectivity index (χ1n) is 6.17. The number of primary amides is 1. The van der Waals surface area contributed by atoms with Crippen molar-refractivity contribution < 1.29 is 9.90 Å². The zero-order valence-electron chi connectivity index (χ0n) is 11.1. The quantitative estimate of drug-likeness (QED) is 0.488. The van der Waals surface area contributed by atoms with Gasteiger partial charge in [-0.25, -0.2) is 4.98 Å². The Hall–Kier alpha value is -2.93. The van der Waals surface area contributed by atoms with Gasteiger partial charge in [0.15, 0.2) is 0 Å². The fraction of sp³-hybridized carbons (Fsp3) is 0. The Kier molecular flexibility index (Phi) is 3.26. The number of nitrogens with two attached hydrogens (primary N) is 2. The number of benzene rings is 1. The summed E-state index contributed by atoms with van der Waals surface area (Å²) in [5.41, 5.74) is 13.2. The van der Waals surface area contributed by atoms with Crippen LogP contribution in [-0.2, 0) is 0 Å². The summed E-state index contributed by atoms with van der Waals surface area (Å²) in [5.74, 6) is -0.796. The van der Waals surface area contributed by atoms with Gasteiger partial charge in [-0.05, 0) is 12.1 Å². The molecule has 0 unspecified atom stereocenters. The molecule has 0 radical (unpaired) electrons. The van der Waals surface area contributed by atoms with Crippen LogP contribution in [-0.4, -0.2) is 26.0 Å². The van der Waals surface area contributed by atoms with Gasteiger partial charge in [-0.2, -0.15) is 0 Å². The fourth-order valence-corrected chi connectivity index (χ4v) is 2.41. The highest BCUT2D eigenvalue weighted by atomic mass is 35.5. The third-order valence-electron chi connectivity index (χ3n) is 3.16. The van der Waals surface area contributed by atoms with E-state index in [2.05, 4.69) is 15.0 Å². The molecule has 3 rings (SSSR count). The standard InChI is InChI=1S/C14H10ClN5O2/c15-13-7(3-6(21)5-20-13)10-11(16)8(14(17)22)4-9-12(10)19-2-1-18-9/h1-5,21H,16H2,(H2,17,22). The molecule has 2 aromatic heterocycles. The number of hydrogen-bond acceptors (Lipinski definition) is 6. The van der Waals surface area contributed by atoms with E-state index in [1.54, 1.807) is 0 Å². The summed E-state index contributed by atoms with van der Waals surface area (Å²) in [6, 6.07) is 2.85. The second kappa shape index (κ2) is 5.12. The molecule has 22 heavy (non-hydrogen) atoms. The van der Waals surface area contributed by atoms with Gasteiger partial charge in [0, 0.05) is 23.5 Å². The number of amides is 1. The van der Waals surface area contributed by atoms with Crippen LogP contribution >= 0.6 is 11.6 Å². The number of halogens is 1. The molecule has 110 valence electrons. The minimum atomic E-state index is -0.699. The molecule has 0 atom stereocenters. The van der Waals surface area contributed by atoms with Crippen molar-refractivity contribution in [3.8, 4) is 16.9 Å². The number of fused-ring (bicyclic) bond motifs is 1. The SMILES string of the molecule is NC(=O)c1cc2nccnc2c(-c2cc(O)cnc2Cl)c1N. The maximum Gasteiger partial charge on any atom is 0.250 e. The molecule has 5 N–H and O–H groups in total. The Morgan fingerprint density at radius 1 is 1.18 bits per heavy atom. The van der Waals surface area contributed by atoms with Crippen molar-refractivity contribution in [2.75, 3.05) is 5.73 Å². The molecule has 0 aliphatic heterocycles. The topological polar surface area (TPSA) is 128 Å². The highest BCUT2D eigenvalue weighted by Crippen LogP contribution is 2.38. The molecule has 1 amide bonds. The van der Waals surface area contributed by atoms with Gasteiger partial charge in [-0.1, -0.05) is 11.6 Å². The lowest BCUT2D eigenvalue weighted by molar-refractivity contribution is 0.100. The van der Waals surface area contributed by atoms with E-state index < -0.39 is 5.91 Å². The first-order chi connectivity index (χ1) is 10.5. The second-order valence-corrected chi connectivity index (χ2v) is 4.89. The molecule has 7 nitrogen and oxygen atoms in total. The maximum absolute atomic E-state index is 11.6. The number of nitrogens with zero attached hydrogens (tertiary/aromatic N) is 3. The molecule has 0 saturated carbocycles. The first-order valence-corrected chi connectivity index (χ1v) is 6.54. The normalized spacial score (nSPS) is 10.8. The average Bonchev–Trinajstić information content (AvgIpc) is 2.49. The Morgan fingerprint density at radius 3 is 2.64 bits per heavy atom. The third kappa shape index (κ3) is 2.17. The summed E-state index contributed by atoms with van der Waals surface area (Å²) in [6.45, 7) is 0. The lowest BCUT2D eigenvalue weighted by Gasteiger charge is -2.13. The van der Waals surface area contributed by atoms with Gasteiger partial charge in [-0.15, -0.1) is 0 Å². The van der Waals surface area contributed by atoms with Crippen LogP contribution in [0, 0.1) is 0 Å². The maximum atomic E-state index is 11.6. The van der Waals surface area contributed by atoms with Crippen molar-refractivity contribution in [1.82, 2.24) is 15.0 Å². The van der Waals surface area contributed by atoms with Crippen LogP contribution in [0.4, 0.5) is 5.69 Å². The minimum Gasteiger partial charge on any atom is -0.506 e. The van der Waals surface area contributed by atoms with Crippen molar-refractivity contribution in [2.45, 2.75) is 0 Å². The van der Waals surface area contributed by atoms with E-state index in [0.29, 0.717) is 22.2 Å². The minimum absolute atomic E-state index is 0.0969. The van der Waals surface area contributed by atoms with Crippen LogP contribution in [0.5, 0.6) is 5.75 Å². The summed E-state index contributed by atoms with van der Waals surface area (Å²) in [5, 5.41) is 9.76. The first kappa shape index (κ1) is 14.0. The fourth-order valence-electron chi connectivity index (χ4n) is 2.21. The number of rotatable bonds is 2. The van der Waals surface area contributed by atoms with E-state index in [-0.39, 0.29) is 22.2 Å². The molecule has 0 bridgehead atoms. The van der Waals surface area contributed by atoms with Gasteiger partial charge >= 0.3 is 0 Å². The second-order valence-electron chi connectivity index (χ2n) is 4.53. The van der Waals surface area contributed by atoms with E-state index in [0.717, 1.165) is 0 Å². The molecule has 3 aromatic rings. The molecule has 0 fully saturated rings. The number of nitrogen functional groups attached to an aromatic ring is 1. The van der Waals surface area contributed by atoms with Crippen molar-refractivity contribution in [1.29, 1.82) is 0 Å². The Morgan fingerprint density at radius 2 is 1.91 bits per heavy atom. The number of pyridine rings is 1. The van der Waals surface area contributed by atoms with Gasteiger partial charge in [0.25, 0.3) is 5.91 Å². The number of carbonyl (C=O) groups excluding carboxylic acids is 1. The molecular formula is C14H10ClN5O2. The average molecular weight is 316 g/mol. The Labute approximate surface area is 129 Å². The van der Waals surface area contributed by atoms with E-state index in [1.165, 1.54) is 30.7 Å². The lowest BCUT2D eigenvalue weighted by atomic mass is 9.98. The molecule has 8 heteroatoms. The zero-order valence-corrected chi connectivity index (χ0v) is 11.9. The van der Waals surface area contributed by atoms with E-state index in [4.69, 9.17) is 23.1 Å². The molecule has 1 aromatic carbocycles. The molecule has 0 saturated heterocycles. The van der Waals surface area contributed by atoms with E-state index in [1.807, 2.05) is 0 Å². The number of carbonyl (C=O) groups is 1. The van der Waals surface area contributed by atoms with Gasteiger partial charge in [0.1, 0.15) is 10.9 Å². The summed E-state index contributed by atoms with van der Waals surface area (Å²) in [4.78, 5) is 23.8. The summed E-state index contributed by atoms with van der Waals surface area (Å²) in [6.07, 6.45) is 4.17. The number of anilines is 1. The van der Waals surface area contributed by atoms with E-state index >= 15 is 0 Å². The highest BCUT2D eigenvalue weighted by molar-refractivity contribution is 6.33. The van der Waals surface area contributed by atoms with Crippen LogP contribution in [0.15, 0.2) is 30.7 Å². The van der Waals surface area contributed by atoms with Crippen molar-refractivity contribution in [2.24, 2.45) is 5.73 Å². The van der Waals surface area contributed by atoms with Gasteiger partial charge in [0.2, 0.25) is 0 Å². The molecular weight excluding hydrogens is 306 g/mol. The van der Waals surface area contributed by atoms with Crippen LogP contribution in [0.3, 0.4) is 0 Å². The lowest BCUT2D eigenvalue weighted by Crippen LogP contribution is -2.14. The summed E-state index contributed by atoms with van der Waals surface area (Å²) >= 11 is 6.09. The molecule has 0 aliphatic rings. The molecule has 2 heterocycles. The molecule has 0 spiro atoms. The molecule has 0 aliphatic carbocycles. The third-order valence-corrected chi connectivity index (χ3v) is 3.46. The largest absolute Gasteiger partial charge is 0.506 e. The Balaban J connectivity index is 2.48. The van der Waals surface area contributed by atoms with Gasteiger partial charge in [0.05, 0.1) is 28.5 Å². The number of hydrogen-bond donors (Lipinski definition) is 3. The predicted molar refractivity (Wildman–Crippen MR) is 82.4 cm³/mol. The smallest absolute Gasteiger partial charge is 0.250 e. The van der Waals surface area contributed by atoms with E-state index in [9.17, 15) is 9.90 Å².